The molecule has 0 aliphatic carbocycles. The average Bonchev–Trinajstić information content (AvgIpc) is 3.29. The Morgan fingerprint density at radius 1 is 1.27 bits per heavy atom. The predicted octanol–water partition coefficient (Wildman–Crippen LogP) is 4.40. The summed E-state index contributed by atoms with van der Waals surface area (Å²) >= 11 is 1.10. The average molecular weight is 374 g/mol. The number of thiazole rings is 1. The van der Waals surface area contributed by atoms with E-state index in [1.807, 2.05) is 6.07 Å². The molecule has 0 spiro atoms. The summed E-state index contributed by atoms with van der Waals surface area (Å²) in [6, 6.07) is 10.9. The van der Waals surface area contributed by atoms with Crippen molar-refractivity contribution in [3.05, 3.63) is 59.7 Å². The van der Waals surface area contributed by atoms with Crippen molar-refractivity contribution in [1.82, 2.24) is 4.98 Å². The Balaban J connectivity index is 1.74. The van der Waals surface area contributed by atoms with Gasteiger partial charge in [0.15, 0.2) is 10.9 Å². The van der Waals surface area contributed by atoms with Crippen LogP contribution in [0.15, 0.2) is 42.5 Å². The molecule has 1 fully saturated rings. The first kappa shape index (κ1) is 17.1. The third-order valence-electron chi connectivity index (χ3n) is 4.31. The van der Waals surface area contributed by atoms with E-state index in [9.17, 15) is 13.6 Å². The molecule has 0 radical (unpaired) electrons. The van der Waals surface area contributed by atoms with Crippen LogP contribution in [-0.4, -0.2) is 30.1 Å². The van der Waals surface area contributed by atoms with Gasteiger partial charge < -0.3 is 4.74 Å². The molecule has 1 unspecified atom stereocenters. The Kier molecular flexibility index (Phi) is 4.65. The first-order chi connectivity index (χ1) is 12.6. The Morgan fingerprint density at radius 2 is 2.08 bits per heavy atom. The van der Waals surface area contributed by atoms with Crippen LogP contribution in [0.25, 0.3) is 10.2 Å². The summed E-state index contributed by atoms with van der Waals surface area (Å²) in [6.45, 7) is 0.995. The first-order valence-corrected chi connectivity index (χ1v) is 9.17. The SMILES string of the molecule is O=C(c1ccccc1)N(CC1CCCO1)c1nc2c(F)cc(F)cc2s1. The summed E-state index contributed by atoms with van der Waals surface area (Å²) in [6.07, 6.45) is 1.71. The van der Waals surface area contributed by atoms with Gasteiger partial charge in [-0.2, -0.15) is 0 Å². The zero-order valence-electron chi connectivity index (χ0n) is 13.8. The number of anilines is 1. The number of ether oxygens (including phenoxy) is 1. The number of nitrogens with zero attached hydrogens (tertiary/aromatic N) is 2. The van der Waals surface area contributed by atoms with E-state index in [2.05, 4.69) is 4.98 Å². The normalized spacial score (nSPS) is 16.9. The Hall–Kier alpha value is -2.38. The fourth-order valence-electron chi connectivity index (χ4n) is 3.04. The van der Waals surface area contributed by atoms with E-state index in [1.165, 1.54) is 11.0 Å². The number of benzene rings is 2. The molecule has 0 N–H and O–H groups in total. The number of carbonyl (C=O) groups excluding carboxylic acids is 1. The second-order valence-corrected chi connectivity index (χ2v) is 7.16. The molecule has 4 nitrogen and oxygen atoms in total. The van der Waals surface area contributed by atoms with Crippen LogP contribution < -0.4 is 4.90 Å². The lowest BCUT2D eigenvalue weighted by Crippen LogP contribution is -2.37. The Bertz CT molecular complexity index is 939. The summed E-state index contributed by atoms with van der Waals surface area (Å²) in [4.78, 5) is 18.8. The summed E-state index contributed by atoms with van der Waals surface area (Å²) in [5, 5.41) is 0.342. The molecule has 4 rings (SSSR count). The molecule has 1 atom stereocenters. The minimum Gasteiger partial charge on any atom is -0.376 e. The van der Waals surface area contributed by atoms with E-state index >= 15 is 0 Å². The van der Waals surface area contributed by atoms with Crippen LogP contribution in [0.5, 0.6) is 0 Å². The largest absolute Gasteiger partial charge is 0.376 e. The highest BCUT2D eigenvalue weighted by atomic mass is 32.1. The second-order valence-electron chi connectivity index (χ2n) is 6.15. The third-order valence-corrected chi connectivity index (χ3v) is 5.33. The Morgan fingerprint density at radius 3 is 2.81 bits per heavy atom. The first-order valence-electron chi connectivity index (χ1n) is 8.36. The van der Waals surface area contributed by atoms with Crippen molar-refractivity contribution < 1.29 is 18.3 Å². The van der Waals surface area contributed by atoms with E-state index in [1.54, 1.807) is 24.3 Å². The molecule has 1 amide bonds. The van der Waals surface area contributed by atoms with Crippen molar-refractivity contribution >= 4 is 32.6 Å². The molecule has 134 valence electrons. The van der Waals surface area contributed by atoms with Crippen LogP contribution in [0, 0.1) is 11.6 Å². The number of fused-ring (bicyclic) bond motifs is 1. The highest BCUT2D eigenvalue weighted by molar-refractivity contribution is 7.22. The van der Waals surface area contributed by atoms with Crippen LogP contribution in [0.1, 0.15) is 23.2 Å². The van der Waals surface area contributed by atoms with E-state index in [4.69, 9.17) is 4.74 Å². The van der Waals surface area contributed by atoms with E-state index in [-0.39, 0.29) is 17.5 Å². The minimum atomic E-state index is -0.730. The lowest BCUT2D eigenvalue weighted by atomic mass is 10.2. The van der Waals surface area contributed by atoms with Gasteiger partial charge in [-0.05, 0) is 31.0 Å². The third kappa shape index (κ3) is 3.32. The van der Waals surface area contributed by atoms with Crippen LogP contribution in [-0.2, 0) is 4.74 Å². The van der Waals surface area contributed by atoms with Gasteiger partial charge in [0.2, 0.25) is 0 Å². The van der Waals surface area contributed by atoms with Gasteiger partial charge in [0.1, 0.15) is 11.3 Å². The van der Waals surface area contributed by atoms with Gasteiger partial charge in [0.05, 0.1) is 17.3 Å². The number of aromatic nitrogens is 1. The molecule has 0 saturated carbocycles. The number of halogens is 2. The zero-order valence-corrected chi connectivity index (χ0v) is 14.6. The molecule has 2 heterocycles. The van der Waals surface area contributed by atoms with Gasteiger partial charge in [-0.1, -0.05) is 29.5 Å². The molecular formula is C19H16F2N2O2S. The second kappa shape index (κ2) is 7.09. The van der Waals surface area contributed by atoms with E-state index < -0.39 is 11.6 Å². The van der Waals surface area contributed by atoms with E-state index in [0.717, 1.165) is 30.2 Å². The number of hydrogen-bond donors (Lipinski definition) is 0. The highest BCUT2D eigenvalue weighted by Crippen LogP contribution is 2.32. The summed E-state index contributed by atoms with van der Waals surface area (Å²) in [5.41, 5.74) is 0.584. The molecular weight excluding hydrogens is 358 g/mol. The van der Waals surface area contributed by atoms with Gasteiger partial charge in [-0.25, -0.2) is 13.8 Å². The highest BCUT2D eigenvalue weighted by Gasteiger charge is 2.27. The maximum Gasteiger partial charge on any atom is 0.260 e. The lowest BCUT2D eigenvalue weighted by Gasteiger charge is -2.23. The molecule has 1 aliphatic heterocycles. The lowest BCUT2D eigenvalue weighted by molar-refractivity contribution is 0.0917. The van der Waals surface area contributed by atoms with Crippen molar-refractivity contribution in [3.63, 3.8) is 0 Å². The maximum atomic E-state index is 14.0. The van der Waals surface area contributed by atoms with Crippen LogP contribution in [0.4, 0.5) is 13.9 Å². The van der Waals surface area contributed by atoms with Crippen molar-refractivity contribution in [2.45, 2.75) is 18.9 Å². The van der Waals surface area contributed by atoms with Crippen LogP contribution in [0.2, 0.25) is 0 Å². The van der Waals surface area contributed by atoms with Gasteiger partial charge in [-0.15, -0.1) is 0 Å². The summed E-state index contributed by atoms with van der Waals surface area (Å²) < 4.78 is 33.6. The number of rotatable bonds is 4. The fourth-order valence-corrected chi connectivity index (χ4v) is 4.05. The van der Waals surface area contributed by atoms with E-state index in [0.29, 0.717) is 28.5 Å². The molecule has 0 bridgehead atoms. The quantitative estimate of drug-likeness (QED) is 0.680. The van der Waals surface area contributed by atoms with Gasteiger partial charge in [0, 0.05) is 18.2 Å². The van der Waals surface area contributed by atoms with Gasteiger partial charge in [0.25, 0.3) is 5.91 Å². The summed E-state index contributed by atoms with van der Waals surface area (Å²) in [7, 11) is 0. The van der Waals surface area contributed by atoms with Gasteiger partial charge in [-0.3, -0.25) is 9.69 Å². The molecule has 3 aromatic rings. The molecule has 7 heteroatoms. The fraction of sp³-hybridized carbons (Fsp3) is 0.263. The number of carbonyl (C=O) groups is 1. The summed E-state index contributed by atoms with van der Waals surface area (Å²) in [5.74, 6) is -1.63. The minimum absolute atomic E-state index is 0.0737. The topological polar surface area (TPSA) is 42.4 Å². The van der Waals surface area contributed by atoms with Crippen molar-refractivity contribution in [1.29, 1.82) is 0 Å². The Labute approximate surface area is 153 Å². The van der Waals surface area contributed by atoms with Crippen LogP contribution >= 0.6 is 11.3 Å². The zero-order chi connectivity index (χ0) is 18.1. The molecule has 26 heavy (non-hydrogen) atoms. The molecule has 1 aromatic heterocycles. The molecule has 1 aliphatic rings. The molecule has 2 aromatic carbocycles. The van der Waals surface area contributed by atoms with Crippen molar-refractivity contribution in [2.75, 3.05) is 18.1 Å². The standard InChI is InChI=1S/C19H16F2N2O2S/c20-13-9-15(21)17-16(10-13)26-19(22-17)23(11-14-7-4-8-25-14)18(24)12-5-2-1-3-6-12/h1-3,5-6,9-10,14H,4,7-8,11H2. The monoisotopic (exact) mass is 374 g/mol. The number of hydrogen-bond acceptors (Lipinski definition) is 4. The van der Waals surface area contributed by atoms with Crippen molar-refractivity contribution in [2.24, 2.45) is 0 Å². The number of amides is 1. The smallest absolute Gasteiger partial charge is 0.260 e. The van der Waals surface area contributed by atoms with Gasteiger partial charge >= 0.3 is 0 Å². The maximum absolute atomic E-state index is 14.0. The van der Waals surface area contributed by atoms with Crippen molar-refractivity contribution in [3.8, 4) is 0 Å². The molecule has 1 saturated heterocycles. The van der Waals surface area contributed by atoms with Crippen LogP contribution in [0.3, 0.4) is 0 Å². The predicted molar refractivity (Wildman–Crippen MR) is 96.6 cm³/mol.